The first-order valence-corrected chi connectivity index (χ1v) is 7.58. The molecule has 116 valence electrons. The molecule has 1 fully saturated rings. The number of nitrogens with two attached hydrogens (primary N) is 1. The van der Waals surface area contributed by atoms with E-state index in [1.165, 1.54) is 30.4 Å². The quantitative estimate of drug-likeness (QED) is 0.464. The van der Waals surface area contributed by atoms with Gasteiger partial charge in [0.15, 0.2) is 5.96 Å². The van der Waals surface area contributed by atoms with Crippen LogP contribution in [0.2, 0.25) is 0 Å². The summed E-state index contributed by atoms with van der Waals surface area (Å²) in [5.41, 5.74) is 9.92. The van der Waals surface area contributed by atoms with Gasteiger partial charge in [-0.15, -0.1) is 24.0 Å². The Morgan fingerprint density at radius 3 is 3.00 bits per heavy atom. The number of anilines is 1. The van der Waals surface area contributed by atoms with Gasteiger partial charge in [-0.1, -0.05) is 6.07 Å². The van der Waals surface area contributed by atoms with Gasteiger partial charge in [0, 0.05) is 25.4 Å². The van der Waals surface area contributed by atoms with Crippen molar-refractivity contribution in [3.8, 4) is 0 Å². The van der Waals surface area contributed by atoms with Gasteiger partial charge in [-0.2, -0.15) is 0 Å². The van der Waals surface area contributed by atoms with Crippen molar-refractivity contribution in [1.29, 1.82) is 0 Å². The zero-order chi connectivity index (χ0) is 13.8. The summed E-state index contributed by atoms with van der Waals surface area (Å²) in [5.74, 6) is 1.17. The average molecular weight is 401 g/mol. The summed E-state index contributed by atoms with van der Waals surface area (Å²) in [6.45, 7) is 2.56. The maximum Gasteiger partial charge on any atom is 0.193 e. The maximum absolute atomic E-state index is 5.94. The van der Waals surface area contributed by atoms with Crippen molar-refractivity contribution in [3.63, 3.8) is 0 Å². The molecule has 5 heteroatoms. The SMILES string of the molecule is I.NC(=NCCC1CCOC1)Nc1ccc2c(c1)CCC2. The number of hydrogen-bond donors (Lipinski definition) is 2. The van der Waals surface area contributed by atoms with E-state index in [-0.39, 0.29) is 24.0 Å². The summed E-state index contributed by atoms with van der Waals surface area (Å²) in [5, 5.41) is 3.19. The fourth-order valence-electron chi connectivity index (χ4n) is 3.02. The summed E-state index contributed by atoms with van der Waals surface area (Å²) in [7, 11) is 0. The highest BCUT2D eigenvalue weighted by atomic mass is 127. The number of benzene rings is 1. The van der Waals surface area contributed by atoms with Crippen LogP contribution in [0, 0.1) is 5.92 Å². The van der Waals surface area contributed by atoms with Crippen LogP contribution < -0.4 is 11.1 Å². The average Bonchev–Trinajstić information content (AvgIpc) is 3.08. The highest BCUT2D eigenvalue weighted by Crippen LogP contribution is 2.24. The predicted octanol–water partition coefficient (Wildman–Crippen LogP) is 2.95. The minimum Gasteiger partial charge on any atom is -0.381 e. The molecule has 1 aromatic carbocycles. The molecule has 1 saturated heterocycles. The van der Waals surface area contributed by atoms with E-state index in [1.54, 1.807) is 0 Å². The molecule has 0 spiro atoms. The number of nitrogens with zero attached hydrogens (tertiary/aromatic N) is 1. The largest absolute Gasteiger partial charge is 0.381 e. The fraction of sp³-hybridized carbons (Fsp3) is 0.562. The second-order valence-corrected chi connectivity index (χ2v) is 5.75. The second-order valence-electron chi connectivity index (χ2n) is 5.75. The maximum atomic E-state index is 5.94. The Kier molecular flexibility index (Phi) is 6.29. The highest BCUT2D eigenvalue weighted by Gasteiger charge is 2.14. The van der Waals surface area contributed by atoms with E-state index in [4.69, 9.17) is 10.5 Å². The number of halogens is 1. The third-order valence-electron chi connectivity index (χ3n) is 4.21. The number of hydrogen-bond acceptors (Lipinski definition) is 2. The molecule has 1 unspecified atom stereocenters. The van der Waals surface area contributed by atoms with E-state index in [0.29, 0.717) is 11.9 Å². The molecule has 1 heterocycles. The molecule has 0 amide bonds. The van der Waals surface area contributed by atoms with Crippen LogP contribution in [-0.2, 0) is 17.6 Å². The Bertz CT molecular complexity index is 498. The van der Waals surface area contributed by atoms with Gasteiger partial charge in [0.1, 0.15) is 0 Å². The number of rotatable bonds is 4. The molecule has 3 rings (SSSR count). The molecule has 1 aliphatic carbocycles. The van der Waals surface area contributed by atoms with Crippen LogP contribution in [0.1, 0.15) is 30.4 Å². The van der Waals surface area contributed by atoms with Crippen molar-refractivity contribution < 1.29 is 4.74 Å². The fourth-order valence-corrected chi connectivity index (χ4v) is 3.02. The van der Waals surface area contributed by atoms with Crippen molar-refractivity contribution in [1.82, 2.24) is 0 Å². The first-order valence-electron chi connectivity index (χ1n) is 7.58. The second kappa shape index (κ2) is 7.98. The van der Waals surface area contributed by atoms with Crippen LogP contribution in [0.25, 0.3) is 0 Å². The lowest BCUT2D eigenvalue weighted by molar-refractivity contribution is 0.184. The number of ether oxygens (including phenoxy) is 1. The minimum atomic E-state index is 0. The molecule has 21 heavy (non-hydrogen) atoms. The van der Waals surface area contributed by atoms with E-state index in [9.17, 15) is 0 Å². The third kappa shape index (κ3) is 4.57. The lowest BCUT2D eigenvalue weighted by Crippen LogP contribution is -2.23. The van der Waals surface area contributed by atoms with Crippen molar-refractivity contribution in [2.24, 2.45) is 16.6 Å². The lowest BCUT2D eigenvalue weighted by atomic mass is 10.1. The van der Waals surface area contributed by atoms with Crippen molar-refractivity contribution in [2.75, 3.05) is 25.1 Å². The molecule has 0 saturated carbocycles. The van der Waals surface area contributed by atoms with Gasteiger partial charge >= 0.3 is 0 Å². The molecule has 2 aliphatic rings. The first kappa shape index (κ1) is 16.5. The third-order valence-corrected chi connectivity index (χ3v) is 4.21. The zero-order valence-corrected chi connectivity index (χ0v) is 14.6. The van der Waals surface area contributed by atoms with Crippen molar-refractivity contribution >= 4 is 35.6 Å². The molecular formula is C16H24IN3O. The standard InChI is InChI=1S/C16H23N3O.HI/c17-16(18-8-6-12-7-9-20-11-12)19-15-5-4-13-2-1-3-14(13)10-15;/h4-5,10,12H,1-3,6-9,11H2,(H3,17,18,19);1H. The van der Waals surface area contributed by atoms with Gasteiger partial charge in [-0.05, 0) is 61.3 Å². The normalized spacial score (nSPS) is 21.0. The number of nitrogens with one attached hydrogen (secondary N) is 1. The molecule has 0 bridgehead atoms. The van der Waals surface area contributed by atoms with Crippen molar-refractivity contribution in [2.45, 2.75) is 32.1 Å². The molecule has 1 atom stereocenters. The lowest BCUT2D eigenvalue weighted by Gasteiger charge is -2.09. The number of aliphatic imine (C=N–C) groups is 1. The van der Waals surface area contributed by atoms with Crippen LogP contribution in [0.5, 0.6) is 0 Å². The number of aryl methyl sites for hydroxylation is 2. The van der Waals surface area contributed by atoms with Crippen molar-refractivity contribution in [3.05, 3.63) is 29.3 Å². The van der Waals surface area contributed by atoms with E-state index in [1.807, 2.05) is 0 Å². The number of fused-ring (bicyclic) bond motifs is 1. The van der Waals surface area contributed by atoms with Crippen LogP contribution in [0.3, 0.4) is 0 Å². The van der Waals surface area contributed by atoms with Crippen LogP contribution >= 0.6 is 24.0 Å². The topological polar surface area (TPSA) is 59.6 Å². The van der Waals surface area contributed by atoms with Gasteiger partial charge in [-0.3, -0.25) is 4.99 Å². The Morgan fingerprint density at radius 1 is 1.33 bits per heavy atom. The molecule has 1 aliphatic heterocycles. The molecular weight excluding hydrogens is 377 g/mol. The van der Waals surface area contributed by atoms with Gasteiger partial charge in [0.25, 0.3) is 0 Å². The van der Waals surface area contributed by atoms with Gasteiger partial charge in [0.2, 0.25) is 0 Å². The monoisotopic (exact) mass is 401 g/mol. The summed E-state index contributed by atoms with van der Waals surface area (Å²) >= 11 is 0. The first-order chi connectivity index (χ1) is 9.81. The van der Waals surface area contributed by atoms with E-state index in [0.717, 1.165) is 38.3 Å². The Balaban J connectivity index is 0.00000161. The van der Waals surface area contributed by atoms with Crippen LogP contribution in [0.4, 0.5) is 5.69 Å². The van der Waals surface area contributed by atoms with Gasteiger partial charge in [0.05, 0.1) is 0 Å². The van der Waals surface area contributed by atoms with E-state index >= 15 is 0 Å². The Labute approximate surface area is 143 Å². The highest BCUT2D eigenvalue weighted by molar-refractivity contribution is 14.0. The Morgan fingerprint density at radius 2 is 2.19 bits per heavy atom. The van der Waals surface area contributed by atoms with Gasteiger partial charge in [-0.25, -0.2) is 0 Å². The van der Waals surface area contributed by atoms with E-state index < -0.39 is 0 Å². The molecule has 3 N–H and O–H groups in total. The molecule has 0 radical (unpaired) electrons. The summed E-state index contributed by atoms with van der Waals surface area (Å²) in [6.07, 6.45) is 5.89. The summed E-state index contributed by atoms with van der Waals surface area (Å²) in [4.78, 5) is 4.40. The summed E-state index contributed by atoms with van der Waals surface area (Å²) < 4.78 is 5.36. The zero-order valence-electron chi connectivity index (χ0n) is 12.3. The van der Waals surface area contributed by atoms with Gasteiger partial charge < -0.3 is 15.8 Å². The van der Waals surface area contributed by atoms with Crippen LogP contribution in [0.15, 0.2) is 23.2 Å². The van der Waals surface area contributed by atoms with E-state index in [2.05, 4.69) is 28.5 Å². The smallest absolute Gasteiger partial charge is 0.193 e. The summed E-state index contributed by atoms with van der Waals surface area (Å²) in [6, 6.07) is 6.50. The molecule has 1 aromatic rings. The minimum absolute atomic E-state index is 0. The Hall–Kier alpha value is -0.820. The van der Waals surface area contributed by atoms with Crippen LogP contribution in [-0.4, -0.2) is 25.7 Å². The number of guanidine groups is 1. The predicted molar refractivity (Wildman–Crippen MR) is 97.5 cm³/mol. The molecule has 0 aromatic heterocycles. The molecule has 4 nitrogen and oxygen atoms in total.